The van der Waals surface area contributed by atoms with Crippen molar-refractivity contribution in [1.82, 2.24) is 10.2 Å². The molecule has 0 saturated heterocycles. The Bertz CT molecular complexity index is 824. The fourth-order valence-corrected chi connectivity index (χ4v) is 3.37. The van der Waals surface area contributed by atoms with Gasteiger partial charge >= 0.3 is 0 Å². The summed E-state index contributed by atoms with van der Waals surface area (Å²) in [5.41, 5.74) is 1.66. The first-order chi connectivity index (χ1) is 13.8. The maximum atomic E-state index is 13.2. The highest BCUT2D eigenvalue weighted by Crippen LogP contribution is 2.21. The minimum atomic E-state index is -0.569. The number of hydrogen-bond acceptors (Lipinski definition) is 2. The predicted molar refractivity (Wildman–Crippen MR) is 119 cm³/mol. The SMILES string of the molecule is CC[C@@H](C)NC(=O)[C@@H](CC)N(Cc1ccccc1Cl)C(=O)Cc1ccc(Cl)cc1. The molecule has 0 fully saturated rings. The van der Waals surface area contributed by atoms with Crippen molar-refractivity contribution in [3.63, 3.8) is 0 Å². The zero-order valence-corrected chi connectivity index (χ0v) is 18.6. The molecule has 1 N–H and O–H groups in total. The number of halogens is 2. The number of benzene rings is 2. The van der Waals surface area contributed by atoms with E-state index in [-0.39, 0.29) is 30.8 Å². The Kier molecular flexibility index (Phi) is 8.99. The molecule has 0 spiro atoms. The van der Waals surface area contributed by atoms with Crippen molar-refractivity contribution >= 4 is 35.0 Å². The molecule has 6 heteroatoms. The van der Waals surface area contributed by atoms with E-state index in [1.807, 2.05) is 51.1 Å². The Hall–Kier alpha value is -2.04. The van der Waals surface area contributed by atoms with Gasteiger partial charge in [-0.2, -0.15) is 0 Å². The number of nitrogens with zero attached hydrogens (tertiary/aromatic N) is 1. The Morgan fingerprint density at radius 1 is 1.00 bits per heavy atom. The van der Waals surface area contributed by atoms with Crippen LogP contribution in [0, 0.1) is 0 Å². The van der Waals surface area contributed by atoms with Gasteiger partial charge in [0.2, 0.25) is 11.8 Å². The van der Waals surface area contributed by atoms with Crippen LogP contribution < -0.4 is 5.32 Å². The van der Waals surface area contributed by atoms with Crippen LogP contribution in [-0.4, -0.2) is 28.8 Å². The second-order valence-corrected chi connectivity index (χ2v) is 8.00. The van der Waals surface area contributed by atoms with E-state index in [0.717, 1.165) is 17.5 Å². The zero-order valence-electron chi connectivity index (χ0n) is 17.1. The van der Waals surface area contributed by atoms with Crippen molar-refractivity contribution in [3.05, 3.63) is 69.7 Å². The molecule has 29 heavy (non-hydrogen) atoms. The molecule has 2 rings (SSSR count). The molecule has 0 saturated carbocycles. The summed E-state index contributed by atoms with van der Waals surface area (Å²) in [7, 11) is 0. The van der Waals surface area contributed by atoms with E-state index >= 15 is 0 Å². The van der Waals surface area contributed by atoms with Crippen LogP contribution in [-0.2, 0) is 22.6 Å². The van der Waals surface area contributed by atoms with Gasteiger partial charge in [0.25, 0.3) is 0 Å². The van der Waals surface area contributed by atoms with Gasteiger partial charge in [-0.1, -0.05) is 67.4 Å². The van der Waals surface area contributed by atoms with Gasteiger partial charge in [-0.05, 0) is 49.1 Å². The van der Waals surface area contributed by atoms with Crippen LogP contribution in [0.1, 0.15) is 44.7 Å². The maximum Gasteiger partial charge on any atom is 0.243 e. The molecule has 0 bridgehead atoms. The molecule has 2 amide bonds. The quantitative estimate of drug-likeness (QED) is 0.584. The molecule has 0 unspecified atom stereocenters. The number of hydrogen-bond donors (Lipinski definition) is 1. The van der Waals surface area contributed by atoms with Gasteiger partial charge in [0.15, 0.2) is 0 Å². The number of nitrogens with one attached hydrogen (secondary N) is 1. The lowest BCUT2D eigenvalue weighted by molar-refractivity contribution is -0.141. The lowest BCUT2D eigenvalue weighted by atomic mass is 10.1. The zero-order chi connectivity index (χ0) is 21.4. The topological polar surface area (TPSA) is 49.4 Å². The lowest BCUT2D eigenvalue weighted by Gasteiger charge is -2.31. The summed E-state index contributed by atoms with van der Waals surface area (Å²) in [6.45, 7) is 6.16. The van der Waals surface area contributed by atoms with E-state index in [0.29, 0.717) is 16.5 Å². The van der Waals surface area contributed by atoms with E-state index in [9.17, 15) is 9.59 Å². The molecule has 2 aromatic carbocycles. The van der Waals surface area contributed by atoms with Crippen molar-refractivity contribution in [2.75, 3.05) is 0 Å². The minimum Gasteiger partial charge on any atom is -0.352 e. The third-order valence-corrected chi connectivity index (χ3v) is 5.57. The summed E-state index contributed by atoms with van der Waals surface area (Å²) in [5.74, 6) is -0.267. The number of carbonyl (C=O) groups is 2. The summed E-state index contributed by atoms with van der Waals surface area (Å²) < 4.78 is 0. The van der Waals surface area contributed by atoms with Gasteiger partial charge < -0.3 is 10.2 Å². The first-order valence-corrected chi connectivity index (χ1v) is 10.7. The van der Waals surface area contributed by atoms with Gasteiger partial charge in [0, 0.05) is 22.6 Å². The van der Waals surface area contributed by atoms with Crippen LogP contribution in [0.15, 0.2) is 48.5 Å². The summed E-state index contributed by atoms with van der Waals surface area (Å²) in [5, 5.41) is 4.20. The third-order valence-electron chi connectivity index (χ3n) is 4.95. The van der Waals surface area contributed by atoms with Crippen LogP contribution in [0.2, 0.25) is 10.0 Å². The standard InChI is InChI=1S/C23H28Cl2N2O2/c1-4-16(3)26-23(29)21(5-2)27(15-18-8-6-7-9-20(18)25)22(28)14-17-10-12-19(24)13-11-17/h6-13,16,21H,4-5,14-15H2,1-3H3,(H,26,29)/t16-,21-/m1/s1. The highest BCUT2D eigenvalue weighted by molar-refractivity contribution is 6.31. The average Bonchev–Trinajstić information content (AvgIpc) is 2.70. The fraction of sp³-hybridized carbons (Fsp3) is 0.391. The number of amides is 2. The predicted octanol–water partition coefficient (Wildman–Crippen LogP) is 5.26. The molecule has 156 valence electrons. The van der Waals surface area contributed by atoms with Gasteiger partial charge in [-0.15, -0.1) is 0 Å². The Morgan fingerprint density at radius 3 is 2.24 bits per heavy atom. The molecule has 2 aromatic rings. The van der Waals surface area contributed by atoms with Crippen LogP contribution in [0.3, 0.4) is 0 Å². The first-order valence-electron chi connectivity index (χ1n) is 9.93. The van der Waals surface area contributed by atoms with E-state index in [4.69, 9.17) is 23.2 Å². The minimum absolute atomic E-state index is 0.0464. The average molecular weight is 435 g/mol. The molecule has 4 nitrogen and oxygen atoms in total. The van der Waals surface area contributed by atoms with Gasteiger partial charge in [-0.3, -0.25) is 9.59 Å². The van der Waals surface area contributed by atoms with Crippen molar-refractivity contribution < 1.29 is 9.59 Å². The van der Waals surface area contributed by atoms with Gasteiger partial charge in [0.05, 0.1) is 6.42 Å². The second-order valence-electron chi connectivity index (χ2n) is 7.16. The molecular formula is C23H28Cl2N2O2. The fourth-order valence-electron chi connectivity index (χ4n) is 3.05. The molecule has 0 aliphatic rings. The van der Waals surface area contributed by atoms with Crippen molar-refractivity contribution in [2.45, 2.75) is 58.7 Å². The molecule has 0 aromatic heterocycles. The van der Waals surface area contributed by atoms with Crippen molar-refractivity contribution in [3.8, 4) is 0 Å². The largest absolute Gasteiger partial charge is 0.352 e. The summed E-state index contributed by atoms with van der Waals surface area (Å²) in [4.78, 5) is 27.8. The van der Waals surface area contributed by atoms with Gasteiger partial charge in [0.1, 0.15) is 6.04 Å². The first kappa shape index (κ1) is 23.2. The maximum absolute atomic E-state index is 13.2. The number of rotatable bonds is 9. The van der Waals surface area contributed by atoms with Gasteiger partial charge in [-0.25, -0.2) is 0 Å². The molecule has 0 radical (unpaired) electrons. The molecule has 0 aliphatic carbocycles. The molecule has 0 heterocycles. The lowest BCUT2D eigenvalue weighted by Crippen LogP contribution is -2.51. The summed E-state index contributed by atoms with van der Waals surface area (Å²) in [6.07, 6.45) is 1.53. The monoisotopic (exact) mass is 434 g/mol. The van der Waals surface area contributed by atoms with E-state index in [1.54, 1.807) is 23.1 Å². The Labute approximate surface area is 183 Å². The van der Waals surface area contributed by atoms with E-state index in [2.05, 4.69) is 5.32 Å². The summed E-state index contributed by atoms with van der Waals surface area (Å²) >= 11 is 12.3. The van der Waals surface area contributed by atoms with Crippen molar-refractivity contribution in [2.24, 2.45) is 0 Å². The van der Waals surface area contributed by atoms with E-state index in [1.165, 1.54) is 0 Å². The van der Waals surface area contributed by atoms with Crippen LogP contribution in [0.5, 0.6) is 0 Å². The highest BCUT2D eigenvalue weighted by atomic mass is 35.5. The smallest absolute Gasteiger partial charge is 0.243 e. The number of carbonyl (C=O) groups excluding carboxylic acids is 2. The van der Waals surface area contributed by atoms with Crippen LogP contribution in [0.4, 0.5) is 0 Å². The summed E-state index contributed by atoms with van der Waals surface area (Å²) in [6, 6.07) is 14.0. The van der Waals surface area contributed by atoms with Crippen LogP contribution in [0.25, 0.3) is 0 Å². The molecule has 2 atom stereocenters. The molecular weight excluding hydrogens is 407 g/mol. The molecule has 0 aliphatic heterocycles. The Balaban J connectivity index is 2.30. The van der Waals surface area contributed by atoms with Crippen molar-refractivity contribution in [1.29, 1.82) is 0 Å². The van der Waals surface area contributed by atoms with Crippen LogP contribution >= 0.6 is 23.2 Å². The van der Waals surface area contributed by atoms with E-state index < -0.39 is 6.04 Å². The third kappa shape index (κ3) is 6.76. The second kappa shape index (κ2) is 11.2. The normalized spacial score (nSPS) is 12.9. The Morgan fingerprint density at radius 2 is 1.66 bits per heavy atom. The highest BCUT2D eigenvalue weighted by Gasteiger charge is 2.29.